The summed E-state index contributed by atoms with van der Waals surface area (Å²) in [5.41, 5.74) is 2.49. The van der Waals surface area contributed by atoms with Gasteiger partial charge in [0, 0.05) is 6.54 Å². The van der Waals surface area contributed by atoms with Gasteiger partial charge in [-0.1, -0.05) is 54.6 Å². The number of hydrogen-bond acceptors (Lipinski definition) is 6. The molecule has 1 fully saturated rings. The topological polar surface area (TPSA) is 88.4 Å². The molecule has 5 rings (SSSR count). The number of fused-ring (bicyclic) bond motifs is 1. The van der Waals surface area contributed by atoms with Crippen molar-refractivity contribution in [1.29, 1.82) is 0 Å². The van der Waals surface area contributed by atoms with Crippen LogP contribution in [-0.4, -0.2) is 40.2 Å². The minimum atomic E-state index is -1.03. The highest BCUT2D eigenvalue weighted by Gasteiger charge is 2.32. The molecule has 1 aliphatic rings. The summed E-state index contributed by atoms with van der Waals surface area (Å²) in [6.07, 6.45) is 1.81. The quantitative estimate of drug-likeness (QED) is 0.222. The van der Waals surface area contributed by atoms with Gasteiger partial charge in [0.25, 0.3) is 5.91 Å². The fraction of sp³-hybridized carbons (Fsp3) is 0.156. The molecule has 202 valence electrons. The molecule has 40 heavy (non-hydrogen) atoms. The van der Waals surface area contributed by atoms with Crippen LogP contribution in [0.4, 0.5) is 5.69 Å². The number of carboxylic acid groups (broad SMARTS) is 1. The summed E-state index contributed by atoms with van der Waals surface area (Å²) in [6.45, 7) is 5.08. The Morgan fingerprint density at radius 1 is 0.950 bits per heavy atom. The summed E-state index contributed by atoms with van der Waals surface area (Å²) in [7, 11) is 0. The number of amides is 1. The number of benzene rings is 4. The van der Waals surface area contributed by atoms with E-state index in [-0.39, 0.29) is 11.5 Å². The van der Waals surface area contributed by atoms with Crippen molar-refractivity contribution >= 4 is 51.3 Å². The monoisotopic (exact) mass is 552 g/mol. The maximum atomic E-state index is 13.2. The Morgan fingerprint density at radius 3 is 2.55 bits per heavy atom. The molecule has 1 amide bonds. The van der Waals surface area contributed by atoms with Gasteiger partial charge in [-0.05, 0) is 83.9 Å². The summed E-state index contributed by atoms with van der Waals surface area (Å²) >= 11 is 1.26. The molecule has 1 N–H and O–H groups in total. The van der Waals surface area contributed by atoms with Crippen LogP contribution in [0.25, 0.3) is 16.8 Å². The minimum Gasteiger partial charge on any atom is -0.490 e. The summed E-state index contributed by atoms with van der Waals surface area (Å²) in [5.74, 6) is 0.0343. The SMILES string of the molecule is CCOc1cc(/C=C2\SC(=Nc3cccc(C(=O)O)c3)N(CC)C2=O)ccc1OCc1cccc2ccccc12. The third kappa shape index (κ3) is 5.87. The van der Waals surface area contributed by atoms with Crippen molar-refractivity contribution in [3.05, 3.63) is 107 Å². The van der Waals surface area contributed by atoms with E-state index in [1.54, 1.807) is 17.0 Å². The average molecular weight is 553 g/mol. The highest BCUT2D eigenvalue weighted by molar-refractivity contribution is 8.18. The lowest BCUT2D eigenvalue weighted by atomic mass is 10.1. The number of carbonyl (C=O) groups is 2. The van der Waals surface area contributed by atoms with Gasteiger partial charge in [0.2, 0.25) is 0 Å². The molecular weight excluding hydrogens is 524 g/mol. The first-order valence-electron chi connectivity index (χ1n) is 13.0. The van der Waals surface area contributed by atoms with E-state index in [9.17, 15) is 14.7 Å². The van der Waals surface area contributed by atoms with Crippen LogP contribution < -0.4 is 9.47 Å². The average Bonchev–Trinajstić information content (AvgIpc) is 3.25. The second kappa shape index (κ2) is 12.1. The smallest absolute Gasteiger partial charge is 0.335 e. The van der Waals surface area contributed by atoms with Crippen LogP contribution in [0.3, 0.4) is 0 Å². The number of aliphatic imine (C=N–C) groups is 1. The Hall–Kier alpha value is -4.56. The van der Waals surface area contributed by atoms with Crippen LogP contribution in [0.15, 0.2) is 94.8 Å². The van der Waals surface area contributed by atoms with E-state index in [0.29, 0.717) is 47.0 Å². The first kappa shape index (κ1) is 27.0. The molecule has 0 aromatic heterocycles. The summed E-state index contributed by atoms with van der Waals surface area (Å²) in [5, 5.41) is 12.1. The molecule has 1 aliphatic heterocycles. The number of nitrogens with zero attached hydrogens (tertiary/aromatic N) is 2. The van der Waals surface area contributed by atoms with E-state index >= 15 is 0 Å². The fourth-order valence-electron chi connectivity index (χ4n) is 4.42. The number of likely N-dealkylation sites (N-methyl/N-ethyl adjacent to an activating group) is 1. The zero-order valence-electron chi connectivity index (χ0n) is 22.2. The molecule has 4 aromatic carbocycles. The van der Waals surface area contributed by atoms with Gasteiger partial charge in [0.15, 0.2) is 16.7 Å². The number of thioether (sulfide) groups is 1. The lowest BCUT2D eigenvalue weighted by Gasteiger charge is -2.14. The van der Waals surface area contributed by atoms with Crippen molar-refractivity contribution in [3.8, 4) is 11.5 Å². The van der Waals surface area contributed by atoms with E-state index in [2.05, 4.69) is 29.3 Å². The zero-order valence-corrected chi connectivity index (χ0v) is 23.0. The lowest BCUT2D eigenvalue weighted by molar-refractivity contribution is -0.122. The number of ether oxygens (including phenoxy) is 2. The van der Waals surface area contributed by atoms with Gasteiger partial charge in [0.1, 0.15) is 6.61 Å². The van der Waals surface area contributed by atoms with Gasteiger partial charge in [-0.3, -0.25) is 9.69 Å². The molecule has 1 saturated heterocycles. The summed E-state index contributed by atoms with van der Waals surface area (Å²) in [6, 6.07) is 26.3. The molecule has 0 spiro atoms. The molecular formula is C32H28N2O5S. The van der Waals surface area contributed by atoms with Crippen molar-refractivity contribution < 1.29 is 24.2 Å². The Morgan fingerprint density at radius 2 is 1.75 bits per heavy atom. The third-order valence-corrected chi connectivity index (χ3v) is 7.36. The zero-order chi connectivity index (χ0) is 28.1. The van der Waals surface area contributed by atoms with E-state index in [1.165, 1.54) is 23.9 Å². The molecule has 0 unspecified atom stereocenters. The van der Waals surface area contributed by atoms with Crippen molar-refractivity contribution in [2.24, 2.45) is 4.99 Å². The van der Waals surface area contributed by atoms with Crippen LogP contribution in [0.1, 0.15) is 35.3 Å². The van der Waals surface area contributed by atoms with Gasteiger partial charge in [-0.2, -0.15) is 0 Å². The maximum Gasteiger partial charge on any atom is 0.335 e. The molecule has 1 heterocycles. The molecule has 0 aliphatic carbocycles. The van der Waals surface area contributed by atoms with Crippen LogP contribution in [0.2, 0.25) is 0 Å². The Kier molecular flexibility index (Phi) is 8.17. The van der Waals surface area contributed by atoms with E-state index in [4.69, 9.17) is 9.47 Å². The highest BCUT2D eigenvalue weighted by atomic mass is 32.2. The van der Waals surface area contributed by atoms with Crippen molar-refractivity contribution in [3.63, 3.8) is 0 Å². The van der Waals surface area contributed by atoms with Gasteiger partial charge in [-0.25, -0.2) is 9.79 Å². The first-order valence-corrected chi connectivity index (χ1v) is 13.8. The van der Waals surface area contributed by atoms with Crippen molar-refractivity contribution in [1.82, 2.24) is 4.90 Å². The molecule has 0 atom stereocenters. The van der Waals surface area contributed by atoms with Crippen LogP contribution >= 0.6 is 11.8 Å². The first-order chi connectivity index (χ1) is 19.5. The predicted octanol–water partition coefficient (Wildman–Crippen LogP) is 7.14. The lowest BCUT2D eigenvalue weighted by Crippen LogP contribution is -2.28. The van der Waals surface area contributed by atoms with Crippen LogP contribution in [-0.2, 0) is 11.4 Å². The number of carbonyl (C=O) groups excluding carboxylic acids is 1. The maximum absolute atomic E-state index is 13.2. The minimum absolute atomic E-state index is 0.140. The second-order valence-corrected chi connectivity index (χ2v) is 9.99. The molecule has 7 nitrogen and oxygen atoms in total. The van der Waals surface area contributed by atoms with Crippen molar-refractivity contribution in [2.45, 2.75) is 20.5 Å². The summed E-state index contributed by atoms with van der Waals surface area (Å²) < 4.78 is 12.1. The standard InChI is InChI=1S/C32H28N2O5S/c1-3-34-30(35)29(40-32(34)33-25-13-8-11-23(19-25)31(36)37)18-21-15-16-27(28(17-21)38-4-2)39-20-24-12-7-10-22-9-5-6-14-26(22)24/h5-19H,3-4,20H2,1-2H3,(H,36,37)/b29-18-,33-32?. The van der Waals surface area contributed by atoms with Gasteiger partial charge >= 0.3 is 5.97 Å². The fourth-order valence-corrected chi connectivity index (χ4v) is 5.48. The molecule has 4 aromatic rings. The van der Waals surface area contributed by atoms with Crippen LogP contribution in [0.5, 0.6) is 11.5 Å². The second-order valence-electron chi connectivity index (χ2n) is 8.98. The largest absolute Gasteiger partial charge is 0.490 e. The van der Waals surface area contributed by atoms with Crippen molar-refractivity contribution in [2.75, 3.05) is 13.2 Å². The number of carboxylic acids is 1. The van der Waals surface area contributed by atoms with E-state index in [0.717, 1.165) is 21.9 Å². The van der Waals surface area contributed by atoms with Gasteiger partial charge in [-0.15, -0.1) is 0 Å². The number of aromatic carboxylic acids is 1. The Balaban J connectivity index is 1.39. The number of rotatable bonds is 9. The molecule has 0 saturated carbocycles. The van der Waals surface area contributed by atoms with Crippen LogP contribution in [0, 0.1) is 0 Å². The molecule has 0 radical (unpaired) electrons. The number of amidine groups is 1. The number of hydrogen-bond donors (Lipinski definition) is 1. The van der Waals surface area contributed by atoms with Gasteiger partial charge in [0.05, 0.1) is 22.8 Å². The normalized spacial score (nSPS) is 15.2. The molecule has 8 heteroatoms. The molecule has 0 bridgehead atoms. The van der Waals surface area contributed by atoms with E-state index in [1.807, 2.05) is 56.3 Å². The highest BCUT2D eigenvalue weighted by Crippen LogP contribution is 2.36. The Bertz CT molecular complexity index is 1640. The van der Waals surface area contributed by atoms with Gasteiger partial charge < -0.3 is 14.6 Å². The predicted molar refractivity (Wildman–Crippen MR) is 159 cm³/mol. The third-order valence-electron chi connectivity index (χ3n) is 6.35. The van der Waals surface area contributed by atoms with E-state index < -0.39 is 5.97 Å². The Labute approximate surface area is 236 Å². The summed E-state index contributed by atoms with van der Waals surface area (Å²) in [4.78, 5) is 31.2.